The van der Waals surface area contributed by atoms with Gasteiger partial charge in [0.15, 0.2) is 0 Å². The summed E-state index contributed by atoms with van der Waals surface area (Å²) >= 11 is 0. The third-order valence-corrected chi connectivity index (χ3v) is 2.43. The smallest absolute Gasteiger partial charge is 0.144 e. The molecule has 2 N–H and O–H groups in total. The molecule has 0 aliphatic carbocycles. The largest absolute Gasteiger partial charge is 0.326 e. The summed E-state index contributed by atoms with van der Waals surface area (Å²) < 4.78 is 21.0. The number of thiol groups is 1. The fraction of sp³-hybridized carbons (Fsp3) is 0.222. The van der Waals surface area contributed by atoms with E-state index in [-0.39, 0.29) is 5.75 Å². The Bertz CT molecular complexity index is 439. The number of hydrogen-bond acceptors (Lipinski definition) is 4. The van der Waals surface area contributed by atoms with E-state index in [1.165, 1.54) is 0 Å². The van der Waals surface area contributed by atoms with Crippen molar-refractivity contribution >= 4 is 10.7 Å². The molecule has 0 fully saturated rings. The molecular formula is C9H10N2O2S. The first kappa shape index (κ1) is 10.7. The van der Waals surface area contributed by atoms with Crippen LogP contribution in [0.4, 0.5) is 0 Å². The maximum Gasteiger partial charge on any atom is 0.144 e. The molecule has 1 aromatic carbocycles. The number of nitrogens with zero attached hydrogens (tertiary/aromatic N) is 1. The number of nitrogens with two attached hydrogens (primary N) is 1. The molecule has 0 aromatic heterocycles. The van der Waals surface area contributed by atoms with Gasteiger partial charge in [-0.05, 0) is 17.2 Å². The van der Waals surface area contributed by atoms with Crippen molar-refractivity contribution in [2.75, 3.05) is 0 Å². The van der Waals surface area contributed by atoms with Crippen LogP contribution in [-0.2, 0) is 23.0 Å². The Morgan fingerprint density at radius 1 is 1.43 bits per heavy atom. The first-order valence-corrected chi connectivity index (χ1v) is 5.37. The van der Waals surface area contributed by atoms with Crippen LogP contribution in [0.25, 0.3) is 0 Å². The number of nitriles is 1. The van der Waals surface area contributed by atoms with Crippen LogP contribution in [0, 0.1) is 11.3 Å². The van der Waals surface area contributed by atoms with E-state index < -0.39 is 10.7 Å². The molecule has 0 heterocycles. The number of benzene rings is 1. The van der Waals surface area contributed by atoms with E-state index in [4.69, 9.17) is 11.0 Å². The molecule has 1 aromatic rings. The number of hydrogen-bond donors (Lipinski definition) is 2. The summed E-state index contributed by atoms with van der Waals surface area (Å²) in [4.78, 5) is 0. The summed E-state index contributed by atoms with van der Waals surface area (Å²) in [7, 11) is -2.49. The fourth-order valence-electron chi connectivity index (χ4n) is 1.13. The van der Waals surface area contributed by atoms with E-state index in [2.05, 4.69) is 0 Å². The predicted molar refractivity (Wildman–Crippen MR) is 53.1 cm³/mol. The number of rotatable bonds is 3. The van der Waals surface area contributed by atoms with Crippen molar-refractivity contribution < 1.29 is 8.42 Å². The molecule has 74 valence electrons. The van der Waals surface area contributed by atoms with Crippen molar-refractivity contribution in [1.29, 1.82) is 5.26 Å². The zero-order chi connectivity index (χ0) is 10.6. The van der Waals surface area contributed by atoms with Crippen molar-refractivity contribution in [3.05, 3.63) is 34.9 Å². The highest BCUT2D eigenvalue weighted by Crippen LogP contribution is 2.11. The Labute approximate surface area is 83.9 Å². The maximum absolute atomic E-state index is 10.5. The zero-order valence-corrected chi connectivity index (χ0v) is 8.33. The van der Waals surface area contributed by atoms with Gasteiger partial charge in [0.2, 0.25) is 0 Å². The van der Waals surface area contributed by atoms with Crippen LogP contribution in [0.15, 0.2) is 18.2 Å². The summed E-state index contributed by atoms with van der Waals surface area (Å²) in [5, 5.41) is 8.76. The van der Waals surface area contributed by atoms with Gasteiger partial charge in [-0.3, -0.25) is 0 Å². The summed E-state index contributed by atoms with van der Waals surface area (Å²) in [6, 6.07) is 6.93. The lowest BCUT2D eigenvalue weighted by Crippen LogP contribution is -1.99. The second-order valence-electron chi connectivity index (χ2n) is 2.80. The van der Waals surface area contributed by atoms with Gasteiger partial charge >= 0.3 is 0 Å². The van der Waals surface area contributed by atoms with Gasteiger partial charge in [0.05, 0.1) is 17.4 Å². The molecule has 0 saturated carbocycles. The molecule has 0 saturated heterocycles. The van der Waals surface area contributed by atoms with Crippen LogP contribution < -0.4 is 5.73 Å². The van der Waals surface area contributed by atoms with Gasteiger partial charge in [0, 0.05) is 6.54 Å². The lowest BCUT2D eigenvalue weighted by atomic mass is 10.1. The molecule has 14 heavy (non-hydrogen) atoms. The molecule has 0 aliphatic heterocycles. The van der Waals surface area contributed by atoms with Crippen molar-refractivity contribution in [3.8, 4) is 6.07 Å². The van der Waals surface area contributed by atoms with E-state index in [1.807, 2.05) is 6.07 Å². The third kappa shape index (κ3) is 2.55. The van der Waals surface area contributed by atoms with Crippen LogP contribution in [-0.4, -0.2) is 8.42 Å². The first-order chi connectivity index (χ1) is 6.67. The zero-order valence-electron chi connectivity index (χ0n) is 7.43. The van der Waals surface area contributed by atoms with E-state index in [0.717, 1.165) is 5.56 Å². The van der Waals surface area contributed by atoms with Gasteiger partial charge < -0.3 is 5.73 Å². The summed E-state index contributed by atoms with van der Waals surface area (Å²) in [6.45, 7) is 0.346. The second kappa shape index (κ2) is 4.74. The average Bonchev–Trinajstić information content (AvgIpc) is 2.17. The van der Waals surface area contributed by atoms with Crippen molar-refractivity contribution in [3.63, 3.8) is 0 Å². The molecular weight excluding hydrogens is 200 g/mol. The quantitative estimate of drug-likeness (QED) is 0.694. The Hall–Kier alpha value is -1.38. The van der Waals surface area contributed by atoms with Crippen LogP contribution in [0.5, 0.6) is 0 Å². The maximum atomic E-state index is 10.5. The standard InChI is InChI=1S/C9H10N2O2S/c10-4-7-1-2-8(6-14(12)13)9(3-7)5-11/h1-3,14H,4,6,10H2. The Balaban J connectivity index is 3.13. The van der Waals surface area contributed by atoms with Gasteiger partial charge in [-0.1, -0.05) is 12.1 Å². The summed E-state index contributed by atoms with van der Waals surface area (Å²) in [6.07, 6.45) is 0. The lowest BCUT2D eigenvalue weighted by Gasteiger charge is -2.01. The highest BCUT2D eigenvalue weighted by molar-refractivity contribution is 7.71. The van der Waals surface area contributed by atoms with Crippen LogP contribution in [0.1, 0.15) is 16.7 Å². The van der Waals surface area contributed by atoms with Crippen molar-refractivity contribution in [1.82, 2.24) is 0 Å². The van der Waals surface area contributed by atoms with Gasteiger partial charge in [0.25, 0.3) is 0 Å². The van der Waals surface area contributed by atoms with Gasteiger partial charge in [-0.2, -0.15) is 5.26 Å². The van der Waals surface area contributed by atoms with Crippen LogP contribution in [0.2, 0.25) is 0 Å². The molecule has 5 heteroatoms. The lowest BCUT2D eigenvalue weighted by molar-refractivity contribution is 0.614. The minimum absolute atomic E-state index is 0.0942. The molecule has 0 spiro atoms. The Kier molecular flexibility index (Phi) is 3.63. The molecule has 0 radical (unpaired) electrons. The summed E-state index contributed by atoms with van der Waals surface area (Å²) in [5.74, 6) is -0.0942. The minimum Gasteiger partial charge on any atom is -0.326 e. The molecule has 0 amide bonds. The average molecular weight is 210 g/mol. The van der Waals surface area contributed by atoms with Gasteiger partial charge in [-0.15, -0.1) is 0 Å². The normalized spacial score (nSPS) is 10.1. The van der Waals surface area contributed by atoms with Crippen LogP contribution in [0.3, 0.4) is 0 Å². The fourth-order valence-corrected chi connectivity index (χ4v) is 1.69. The highest BCUT2D eigenvalue weighted by atomic mass is 32.2. The van der Waals surface area contributed by atoms with Gasteiger partial charge in [-0.25, -0.2) is 8.42 Å². The highest BCUT2D eigenvalue weighted by Gasteiger charge is 2.03. The topological polar surface area (TPSA) is 83.9 Å². The molecule has 1 rings (SSSR count). The molecule has 4 nitrogen and oxygen atoms in total. The second-order valence-corrected chi connectivity index (χ2v) is 3.78. The van der Waals surface area contributed by atoms with Crippen molar-refractivity contribution in [2.24, 2.45) is 5.73 Å². The first-order valence-electron chi connectivity index (χ1n) is 4.01. The van der Waals surface area contributed by atoms with Gasteiger partial charge in [0.1, 0.15) is 10.7 Å². The molecule has 0 atom stereocenters. The van der Waals surface area contributed by atoms with E-state index in [9.17, 15) is 8.42 Å². The van der Waals surface area contributed by atoms with E-state index >= 15 is 0 Å². The minimum atomic E-state index is -2.49. The van der Waals surface area contributed by atoms with Crippen LogP contribution >= 0.6 is 0 Å². The van der Waals surface area contributed by atoms with E-state index in [0.29, 0.717) is 17.7 Å². The van der Waals surface area contributed by atoms with Crippen molar-refractivity contribution in [2.45, 2.75) is 12.3 Å². The third-order valence-electron chi connectivity index (χ3n) is 1.83. The molecule has 0 bridgehead atoms. The monoisotopic (exact) mass is 210 g/mol. The Morgan fingerprint density at radius 3 is 2.64 bits per heavy atom. The Morgan fingerprint density at radius 2 is 2.14 bits per heavy atom. The molecule has 0 unspecified atom stereocenters. The SMILES string of the molecule is N#Cc1cc(CN)ccc1C[SH](=O)=O. The summed E-state index contributed by atoms with van der Waals surface area (Å²) in [5.41, 5.74) is 7.13. The molecule has 0 aliphatic rings. The predicted octanol–water partition coefficient (Wildman–Crippen LogP) is 0.128. The van der Waals surface area contributed by atoms with E-state index in [1.54, 1.807) is 18.2 Å².